The molecule has 2 rings (SSSR count). The summed E-state index contributed by atoms with van der Waals surface area (Å²) in [6.45, 7) is 4.28. The molecule has 16 heavy (non-hydrogen) atoms. The van der Waals surface area contributed by atoms with E-state index in [1.165, 1.54) is 25.7 Å². The summed E-state index contributed by atoms with van der Waals surface area (Å²) < 4.78 is 2.02. The molecule has 2 atom stereocenters. The average Bonchev–Trinajstić information content (AvgIpc) is 2.69. The fourth-order valence-electron chi connectivity index (χ4n) is 2.58. The summed E-state index contributed by atoms with van der Waals surface area (Å²) in [5, 5.41) is 4.27. The second-order valence-electron chi connectivity index (χ2n) is 5.13. The molecule has 1 fully saturated rings. The maximum atomic E-state index is 6.16. The quantitative estimate of drug-likeness (QED) is 0.850. The number of nitrogens with two attached hydrogens (primary N) is 1. The van der Waals surface area contributed by atoms with Gasteiger partial charge in [-0.3, -0.25) is 0 Å². The van der Waals surface area contributed by atoms with Crippen LogP contribution in [0.1, 0.15) is 51.4 Å². The SMILES string of the molecule is CC(C)n1ncnc1CC1CCCCC1N. The zero-order valence-corrected chi connectivity index (χ0v) is 10.3. The number of hydrogen-bond acceptors (Lipinski definition) is 3. The molecule has 0 bridgehead atoms. The Balaban J connectivity index is 2.04. The zero-order chi connectivity index (χ0) is 11.5. The van der Waals surface area contributed by atoms with Crippen molar-refractivity contribution in [2.24, 2.45) is 11.7 Å². The topological polar surface area (TPSA) is 56.7 Å². The van der Waals surface area contributed by atoms with Crippen molar-refractivity contribution in [2.45, 2.75) is 58.0 Å². The first-order valence-corrected chi connectivity index (χ1v) is 6.32. The van der Waals surface area contributed by atoms with E-state index in [4.69, 9.17) is 5.73 Å². The van der Waals surface area contributed by atoms with Crippen molar-refractivity contribution in [1.29, 1.82) is 0 Å². The highest BCUT2D eigenvalue weighted by atomic mass is 15.3. The standard InChI is InChI=1S/C12H22N4/c1-9(2)16-12(14-8-15-16)7-10-5-3-4-6-11(10)13/h8-11H,3-7,13H2,1-2H3. The summed E-state index contributed by atoms with van der Waals surface area (Å²) in [6, 6.07) is 0.739. The van der Waals surface area contributed by atoms with E-state index in [0.29, 0.717) is 18.0 Å². The van der Waals surface area contributed by atoms with Gasteiger partial charge in [-0.05, 0) is 32.6 Å². The molecule has 0 radical (unpaired) electrons. The van der Waals surface area contributed by atoms with Gasteiger partial charge in [-0.1, -0.05) is 12.8 Å². The predicted molar refractivity (Wildman–Crippen MR) is 64.0 cm³/mol. The molecule has 0 saturated heterocycles. The minimum absolute atomic E-state index is 0.353. The van der Waals surface area contributed by atoms with Gasteiger partial charge in [0.2, 0.25) is 0 Å². The molecule has 0 spiro atoms. The van der Waals surface area contributed by atoms with E-state index in [1.807, 2.05) is 4.68 Å². The van der Waals surface area contributed by atoms with Crippen molar-refractivity contribution in [3.63, 3.8) is 0 Å². The highest BCUT2D eigenvalue weighted by Gasteiger charge is 2.24. The van der Waals surface area contributed by atoms with Gasteiger partial charge >= 0.3 is 0 Å². The molecule has 4 heteroatoms. The van der Waals surface area contributed by atoms with Gasteiger partial charge in [0.15, 0.2) is 0 Å². The van der Waals surface area contributed by atoms with E-state index in [9.17, 15) is 0 Å². The van der Waals surface area contributed by atoms with Gasteiger partial charge in [0, 0.05) is 18.5 Å². The van der Waals surface area contributed by atoms with E-state index < -0.39 is 0 Å². The van der Waals surface area contributed by atoms with Crippen LogP contribution in [0.25, 0.3) is 0 Å². The van der Waals surface area contributed by atoms with Gasteiger partial charge in [-0.2, -0.15) is 5.10 Å². The summed E-state index contributed by atoms with van der Waals surface area (Å²) in [4.78, 5) is 4.36. The Morgan fingerprint density at radius 1 is 1.44 bits per heavy atom. The maximum absolute atomic E-state index is 6.16. The minimum Gasteiger partial charge on any atom is -0.327 e. The summed E-state index contributed by atoms with van der Waals surface area (Å²) in [6.07, 6.45) is 7.65. The Morgan fingerprint density at radius 2 is 2.19 bits per heavy atom. The third kappa shape index (κ3) is 2.43. The van der Waals surface area contributed by atoms with Gasteiger partial charge in [0.05, 0.1) is 0 Å². The molecular weight excluding hydrogens is 200 g/mol. The lowest BCUT2D eigenvalue weighted by Gasteiger charge is -2.28. The Bertz CT molecular complexity index is 332. The van der Waals surface area contributed by atoms with E-state index in [1.54, 1.807) is 6.33 Å². The van der Waals surface area contributed by atoms with Crippen molar-refractivity contribution in [3.05, 3.63) is 12.2 Å². The van der Waals surface area contributed by atoms with E-state index in [2.05, 4.69) is 23.9 Å². The van der Waals surface area contributed by atoms with Crippen molar-refractivity contribution in [1.82, 2.24) is 14.8 Å². The van der Waals surface area contributed by atoms with Gasteiger partial charge in [0.1, 0.15) is 12.2 Å². The van der Waals surface area contributed by atoms with Crippen molar-refractivity contribution in [3.8, 4) is 0 Å². The van der Waals surface area contributed by atoms with E-state index in [0.717, 1.165) is 12.2 Å². The monoisotopic (exact) mass is 222 g/mol. The molecule has 0 aromatic carbocycles. The first-order valence-electron chi connectivity index (χ1n) is 6.32. The lowest BCUT2D eigenvalue weighted by Crippen LogP contribution is -2.35. The van der Waals surface area contributed by atoms with Crippen LogP contribution >= 0.6 is 0 Å². The van der Waals surface area contributed by atoms with Gasteiger partial charge in [0.25, 0.3) is 0 Å². The molecular formula is C12H22N4. The molecule has 2 unspecified atom stereocenters. The average molecular weight is 222 g/mol. The Hall–Kier alpha value is -0.900. The van der Waals surface area contributed by atoms with Gasteiger partial charge < -0.3 is 5.73 Å². The van der Waals surface area contributed by atoms with Crippen molar-refractivity contribution < 1.29 is 0 Å². The minimum atomic E-state index is 0.353. The van der Waals surface area contributed by atoms with Crippen LogP contribution in [-0.4, -0.2) is 20.8 Å². The molecule has 90 valence electrons. The van der Waals surface area contributed by atoms with Crippen LogP contribution in [0.5, 0.6) is 0 Å². The molecule has 0 aliphatic heterocycles. The lowest BCUT2D eigenvalue weighted by atomic mass is 9.83. The first kappa shape index (κ1) is 11.6. The fraction of sp³-hybridized carbons (Fsp3) is 0.833. The molecule has 1 aromatic heterocycles. The largest absolute Gasteiger partial charge is 0.327 e. The van der Waals surface area contributed by atoms with Crippen LogP contribution in [0.15, 0.2) is 6.33 Å². The summed E-state index contributed by atoms with van der Waals surface area (Å²) in [5.74, 6) is 1.69. The van der Waals surface area contributed by atoms with Crippen molar-refractivity contribution >= 4 is 0 Å². The molecule has 2 N–H and O–H groups in total. The van der Waals surface area contributed by atoms with Crippen LogP contribution in [0.3, 0.4) is 0 Å². The van der Waals surface area contributed by atoms with Gasteiger partial charge in [-0.15, -0.1) is 0 Å². The molecule has 1 aliphatic rings. The van der Waals surface area contributed by atoms with E-state index in [-0.39, 0.29) is 0 Å². The highest BCUT2D eigenvalue weighted by molar-refractivity contribution is 4.92. The number of hydrogen-bond donors (Lipinski definition) is 1. The first-order chi connectivity index (χ1) is 7.68. The van der Waals surface area contributed by atoms with E-state index >= 15 is 0 Å². The maximum Gasteiger partial charge on any atom is 0.138 e. The highest BCUT2D eigenvalue weighted by Crippen LogP contribution is 2.26. The second-order valence-corrected chi connectivity index (χ2v) is 5.13. The van der Waals surface area contributed by atoms with Crippen LogP contribution in [0, 0.1) is 5.92 Å². The van der Waals surface area contributed by atoms with Crippen LogP contribution in [0.4, 0.5) is 0 Å². The van der Waals surface area contributed by atoms with Crippen LogP contribution in [-0.2, 0) is 6.42 Å². The predicted octanol–water partition coefficient (Wildman–Crippen LogP) is 1.92. The number of nitrogens with zero attached hydrogens (tertiary/aromatic N) is 3. The Kier molecular flexibility index (Phi) is 3.59. The fourth-order valence-corrected chi connectivity index (χ4v) is 2.58. The number of rotatable bonds is 3. The molecule has 4 nitrogen and oxygen atoms in total. The summed E-state index contributed by atoms with van der Waals surface area (Å²) >= 11 is 0. The molecule has 1 aliphatic carbocycles. The zero-order valence-electron chi connectivity index (χ0n) is 10.3. The molecule has 1 heterocycles. The Morgan fingerprint density at radius 3 is 2.88 bits per heavy atom. The third-order valence-electron chi connectivity index (χ3n) is 3.55. The normalized spacial score (nSPS) is 26.2. The third-order valence-corrected chi connectivity index (χ3v) is 3.55. The lowest BCUT2D eigenvalue weighted by molar-refractivity contribution is 0.296. The van der Waals surface area contributed by atoms with Crippen LogP contribution < -0.4 is 5.73 Å². The van der Waals surface area contributed by atoms with Gasteiger partial charge in [-0.25, -0.2) is 9.67 Å². The van der Waals surface area contributed by atoms with Crippen molar-refractivity contribution in [2.75, 3.05) is 0 Å². The number of aromatic nitrogens is 3. The smallest absolute Gasteiger partial charge is 0.138 e. The summed E-state index contributed by atoms with van der Waals surface area (Å²) in [7, 11) is 0. The van der Waals surface area contributed by atoms with Crippen LogP contribution in [0.2, 0.25) is 0 Å². The molecule has 1 saturated carbocycles. The Labute approximate surface area is 97.2 Å². The second kappa shape index (κ2) is 4.95. The molecule has 1 aromatic rings. The summed E-state index contributed by atoms with van der Waals surface area (Å²) in [5.41, 5.74) is 6.16. The molecule has 0 amide bonds.